The summed E-state index contributed by atoms with van der Waals surface area (Å²) < 4.78 is 4.51. The Kier molecular flexibility index (Phi) is 2.90. The Hall–Kier alpha value is -3.13. The number of rotatable bonds is 2. The van der Waals surface area contributed by atoms with Crippen LogP contribution >= 0.6 is 0 Å². The average Bonchev–Trinajstić information content (AvgIpc) is 2.87. The Morgan fingerprint density at radius 2 is 1.80 bits per heavy atom. The first-order valence-electron chi connectivity index (χ1n) is 5.94. The molecule has 0 aliphatic carbocycles. The van der Waals surface area contributed by atoms with E-state index >= 15 is 0 Å². The van der Waals surface area contributed by atoms with Crippen molar-refractivity contribution in [2.45, 2.75) is 0 Å². The molecule has 0 aliphatic rings. The lowest BCUT2D eigenvalue weighted by molar-refractivity contribution is -0.782. The van der Waals surface area contributed by atoms with E-state index in [2.05, 4.69) is 15.9 Å². The number of hydrogen-bond acceptors (Lipinski definition) is 4. The minimum absolute atomic E-state index is 0.378. The van der Waals surface area contributed by atoms with E-state index in [1.807, 2.05) is 30.4 Å². The van der Waals surface area contributed by atoms with Crippen molar-refractivity contribution in [2.24, 2.45) is 0 Å². The van der Waals surface area contributed by atoms with Crippen molar-refractivity contribution in [2.75, 3.05) is 0 Å². The van der Waals surface area contributed by atoms with Gasteiger partial charge in [0, 0.05) is 11.2 Å². The van der Waals surface area contributed by atoms with Crippen molar-refractivity contribution < 1.29 is 9.53 Å². The van der Waals surface area contributed by atoms with E-state index in [0.29, 0.717) is 21.5 Å². The van der Waals surface area contributed by atoms with Crippen molar-refractivity contribution in [1.82, 2.24) is 5.16 Å². The molecular weight excluding hydrogens is 254 g/mol. The second-order valence-electron chi connectivity index (χ2n) is 4.25. The van der Waals surface area contributed by atoms with Gasteiger partial charge in [0.15, 0.2) is 0 Å². The van der Waals surface area contributed by atoms with Crippen LogP contribution < -0.4 is 4.90 Å². The Morgan fingerprint density at radius 1 is 1.10 bits per heavy atom. The Bertz CT molecular complexity index is 826. The third kappa shape index (κ3) is 2.22. The minimum Gasteiger partial charge on any atom is -0.359 e. The molecule has 3 aromatic rings. The minimum atomic E-state index is 0.378. The maximum Gasteiger partial charge on any atom is 0.249 e. The number of hydrogen-bond donors (Lipinski definition) is 0. The zero-order valence-corrected chi connectivity index (χ0v) is 10.4. The molecule has 2 aromatic carbocycles. The fraction of sp³-hybridized carbons (Fsp3) is 0. The van der Waals surface area contributed by atoms with Gasteiger partial charge in [-0.1, -0.05) is 30.4 Å². The molecule has 0 amide bonds. The number of nitrogens with zero attached hydrogens (tertiary/aromatic N) is 3. The molecule has 0 saturated heterocycles. The van der Waals surface area contributed by atoms with Crippen LogP contribution in [-0.2, 0) is 0 Å². The van der Waals surface area contributed by atoms with E-state index in [1.165, 1.54) is 0 Å². The van der Waals surface area contributed by atoms with Gasteiger partial charge in [0.1, 0.15) is 0 Å². The zero-order valence-electron chi connectivity index (χ0n) is 10.4. The number of aromatic nitrogens is 2. The molecule has 5 nitrogen and oxygen atoms in total. The summed E-state index contributed by atoms with van der Waals surface area (Å²) in [5, 5.41) is 23.6. The van der Waals surface area contributed by atoms with Crippen molar-refractivity contribution in [3.8, 4) is 6.07 Å². The van der Waals surface area contributed by atoms with Gasteiger partial charge in [0.05, 0.1) is 11.6 Å². The topological polar surface area (TPSA) is 76.8 Å². The third-order valence-electron chi connectivity index (χ3n) is 2.92. The monoisotopic (exact) mass is 263 g/mol. The molecule has 5 heteroatoms. The van der Waals surface area contributed by atoms with Crippen molar-refractivity contribution >= 4 is 23.2 Å². The normalized spacial score (nSPS) is 10.9. The molecule has 0 N–H and O–H groups in total. The second-order valence-corrected chi connectivity index (χ2v) is 4.25. The maximum atomic E-state index is 11.2. The largest absolute Gasteiger partial charge is 0.359 e. The van der Waals surface area contributed by atoms with Gasteiger partial charge in [-0.3, -0.25) is 4.63 Å². The SMILES string of the molecule is N#Cc1ccc(/C=C/c2ccc3c(c2)no[n+]3[O-])cc1. The Balaban J connectivity index is 1.87. The molecule has 0 saturated carbocycles. The summed E-state index contributed by atoms with van der Waals surface area (Å²) in [5.74, 6) is 0. The smallest absolute Gasteiger partial charge is 0.249 e. The number of benzene rings is 2. The summed E-state index contributed by atoms with van der Waals surface area (Å²) >= 11 is 0. The molecule has 0 aliphatic heterocycles. The third-order valence-corrected chi connectivity index (χ3v) is 2.92. The van der Waals surface area contributed by atoms with Crippen LogP contribution in [0, 0.1) is 16.5 Å². The van der Waals surface area contributed by atoms with E-state index in [9.17, 15) is 5.21 Å². The van der Waals surface area contributed by atoms with E-state index < -0.39 is 0 Å². The van der Waals surface area contributed by atoms with Gasteiger partial charge in [-0.25, -0.2) is 0 Å². The van der Waals surface area contributed by atoms with Crippen LogP contribution in [0.15, 0.2) is 47.1 Å². The first kappa shape index (κ1) is 11.9. The van der Waals surface area contributed by atoms with E-state index in [0.717, 1.165) is 11.1 Å². The van der Waals surface area contributed by atoms with Crippen molar-refractivity contribution in [3.05, 3.63) is 64.4 Å². The highest BCUT2D eigenvalue weighted by Crippen LogP contribution is 2.14. The molecule has 3 rings (SSSR count). The molecule has 20 heavy (non-hydrogen) atoms. The summed E-state index contributed by atoms with van der Waals surface area (Å²) in [7, 11) is 0. The molecule has 0 atom stereocenters. The first-order chi connectivity index (χ1) is 9.76. The molecule has 0 bridgehead atoms. The second kappa shape index (κ2) is 4.86. The molecule has 0 fully saturated rings. The number of nitriles is 1. The summed E-state index contributed by atoms with van der Waals surface area (Å²) in [4.78, 5) is 0.378. The fourth-order valence-electron chi connectivity index (χ4n) is 1.86. The summed E-state index contributed by atoms with van der Waals surface area (Å²) in [6.07, 6.45) is 3.83. The van der Waals surface area contributed by atoms with Crippen LogP contribution in [0.5, 0.6) is 0 Å². The molecule has 0 spiro atoms. The predicted molar refractivity (Wildman–Crippen MR) is 73.1 cm³/mol. The lowest BCUT2D eigenvalue weighted by Crippen LogP contribution is -2.22. The van der Waals surface area contributed by atoms with Crippen LogP contribution in [0.25, 0.3) is 23.2 Å². The van der Waals surface area contributed by atoms with Crippen molar-refractivity contribution in [1.29, 1.82) is 5.26 Å². The van der Waals surface area contributed by atoms with Gasteiger partial charge in [-0.05, 0) is 34.2 Å². The Labute approximate surface area is 114 Å². The van der Waals surface area contributed by atoms with Crippen LogP contribution in [0.1, 0.15) is 16.7 Å². The van der Waals surface area contributed by atoms with Crippen LogP contribution in [0.2, 0.25) is 0 Å². The van der Waals surface area contributed by atoms with Gasteiger partial charge >= 0.3 is 0 Å². The first-order valence-corrected chi connectivity index (χ1v) is 5.94. The Morgan fingerprint density at radius 3 is 2.55 bits per heavy atom. The van der Waals surface area contributed by atoms with Crippen molar-refractivity contribution in [3.63, 3.8) is 0 Å². The highest BCUT2D eigenvalue weighted by Gasteiger charge is 2.07. The van der Waals surface area contributed by atoms with Crippen LogP contribution in [-0.4, -0.2) is 5.16 Å². The molecule has 0 unspecified atom stereocenters. The van der Waals surface area contributed by atoms with Gasteiger partial charge in [-0.15, -0.1) is 0 Å². The van der Waals surface area contributed by atoms with Gasteiger partial charge in [0.2, 0.25) is 11.0 Å². The highest BCUT2D eigenvalue weighted by atomic mass is 16.8. The summed E-state index contributed by atoms with van der Waals surface area (Å²) in [6, 6.07) is 14.6. The number of fused-ring (bicyclic) bond motifs is 1. The molecule has 1 heterocycles. The zero-order chi connectivity index (χ0) is 13.9. The standard InChI is InChI=1S/C15H9N3O2/c16-10-13-5-2-11(3-6-13)1-4-12-7-8-15-14(9-12)17-20-18(15)19/h1-9H/b4-1+. The van der Waals surface area contributed by atoms with Gasteiger partial charge in [0.25, 0.3) is 0 Å². The predicted octanol–water partition coefficient (Wildman–Crippen LogP) is 2.50. The molecule has 0 radical (unpaired) electrons. The van der Waals surface area contributed by atoms with Gasteiger partial charge in [-0.2, -0.15) is 5.26 Å². The summed E-state index contributed by atoms with van der Waals surface area (Å²) in [6.45, 7) is 0. The summed E-state index contributed by atoms with van der Waals surface area (Å²) in [5.41, 5.74) is 3.45. The lowest BCUT2D eigenvalue weighted by atomic mass is 10.1. The lowest BCUT2D eigenvalue weighted by Gasteiger charge is -1.94. The quantitative estimate of drug-likeness (QED) is 0.525. The average molecular weight is 263 g/mol. The van der Waals surface area contributed by atoms with Crippen LogP contribution in [0.3, 0.4) is 0 Å². The maximum absolute atomic E-state index is 11.2. The molecule has 1 aromatic heterocycles. The van der Waals surface area contributed by atoms with E-state index in [4.69, 9.17) is 5.26 Å². The molecule has 96 valence electrons. The highest BCUT2D eigenvalue weighted by molar-refractivity contribution is 5.78. The van der Waals surface area contributed by atoms with Gasteiger partial charge < -0.3 is 5.21 Å². The van der Waals surface area contributed by atoms with E-state index in [1.54, 1.807) is 24.3 Å². The van der Waals surface area contributed by atoms with E-state index in [-0.39, 0.29) is 0 Å². The van der Waals surface area contributed by atoms with Crippen LogP contribution in [0.4, 0.5) is 0 Å². The fourth-order valence-corrected chi connectivity index (χ4v) is 1.86. The molecular formula is C15H9N3O2.